The second-order valence-electron chi connectivity index (χ2n) is 8.07. The van der Waals surface area contributed by atoms with Crippen molar-refractivity contribution >= 4 is 5.71 Å². The van der Waals surface area contributed by atoms with Crippen molar-refractivity contribution in [3.8, 4) is 16.9 Å². The van der Waals surface area contributed by atoms with Gasteiger partial charge in [-0.3, -0.25) is 5.01 Å². The van der Waals surface area contributed by atoms with Gasteiger partial charge in [0.05, 0.1) is 25.4 Å². The van der Waals surface area contributed by atoms with Gasteiger partial charge in [0.15, 0.2) is 0 Å². The van der Waals surface area contributed by atoms with Crippen LogP contribution in [0.15, 0.2) is 114 Å². The van der Waals surface area contributed by atoms with E-state index >= 15 is 0 Å². The minimum absolute atomic E-state index is 0.199. The standard InChI is InChI=1S/C29H26N2O/c1-32-27-18-16-26(17-19-27)29-20-28(30-31(29)21-22-8-4-2-5-9-22)25-14-12-24(13-15-25)23-10-6-3-7-11-23/h2-19,29H,20-21H2,1H3. The van der Waals surface area contributed by atoms with Gasteiger partial charge in [-0.15, -0.1) is 0 Å². The number of methoxy groups -OCH3 is 1. The van der Waals surface area contributed by atoms with Crippen molar-refractivity contribution < 1.29 is 4.74 Å². The first-order valence-corrected chi connectivity index (χ1v) is 11.0. The van der Waals surface area contributed by atoms with Crippen LogP contribution in [0.2, 0.25) is 0 Å². The summed E-state index contributed by atoms with van der Waals surface area (Å²) in [5, 5.41) is 7.29. The fourth-order valence-corrected chi connectivity index (χ4v) is 4.25. The number of ether oxygens (including phenoxy) is 1. The molecule has 0 saturated carbocycles. The van der Waals surface area contributed by atoms with E-state index < -0.39 is 0 Å². The summed E-state index contributed by atoms with van der Waals surface area (Å²) >= 11 is 0. The Morgan fingerprint density at radius 1 is 0.719 bits per heavy atom. The van der Waals surface area contributed by atoms with E-state index in [9.17, 15) is 0 Å². The fourth-order valence-electron chi connectivity index (χ4n) is 4.25. The third-order valence-electron chi connectivity index (χ3n) is 6.01. The van der Waals surface area contributed by atoms with Gasteiger partial charge in [-0.1, -0.05) is 97.1 Å². The van der Waals surface area contributed by atoms with E-state index in [0.29, 0.717) is 0 Å². The van der Waals surface area contributed by atoms with Gasteiger partial charge in [0.2, 0.25) is 0 Å². The van der Waals surface area contributed by atoms with E-state index in [4.69, 9.17) is 9.84 Å². The van der Waals surface area contributed by atoms with E-state index in [1.165, 1.54) is 27.8 Å². The lowest BCUT2D eigenvalue weighted by molar-refractivity contribution is 0.224. The molecule has 1 atom stereocenters. The smallest absolute Gasteiger partial charge is 0.118 e. The zero-order valence-electron chi connectivity index (χ0n) is 18.2. The van der Waals surface area contributed by atoms with Crippen LogP contribution in [0.1, 0.15) is 29.2 Å². The molecule has 0 radical (unpaired) electrons. The van der Waals surface area contributed by atoms with Gasteiger partial charge in [-0.2, -0.15) is 5.10 Å². The molecule has 4 aromatic carbocycles. The summed E-state index contributed by atoms with van der Waals surface area (Å²) in [5.41, 5.74) is 7.27. The lowest BCUT2D eigenvalue weighted by atomic mass is 9.96. The molecule has 0 spiro atoms. The normalized spacial score (nSPS) is 15.5. The first-order chi connectivity index (χ1) is 15.8. The van der Waals surface area contributed by atoms with Crippen molar-refractivity contribution in [2.24, 2.45) is 5.10 Å². The predicted molar refractivity (Wildman–Crippen MR) is 131 cm³/mol. The molecule has 3 heteroatoms. The zero-order valence-corrected chi connectivity index (χ0v) is 18.2. The maximum atomic E-state index is 5.35. The molecule has 0 saturated heterocycles. The molecule has 0 amide bonds. The molecule has 3 nitrogen and oxygen atoms in total. The van der Waals surface area contributed by atoms with Crippen molar-refractivity contribution in [2.75, 3.05) is 7.11 Å². The Morgan fingerprint density at radius 2 is 1.31 bits per heavy atom. The molecule has 1 heterocycles. The lowest BCUT2D eigenvalue weighted by Gasteiger charge is -2.24. The number of hydrogen-bond acceptors (Lipinski definition) is 3. The van der Waals surface area contributed by atoms with Crippen LogP contribution in [-0.2, 0) is 6.54 Å². The Balaban J connectivity index is 1.43. The number of nitrogens with zero attached hydrogens (tertiary/aromatic N) is 2. The Kier molecular flexibility index (Phi) is 5.71. The number of hydrogen-bond donors (Lipinski definition) is 0. The minimum Gasteiger partial charge on any atom is -0.497 e. The molecule has 1 aliphatic rings. The maximum absolute atomic E-state index is 5.35. The maximum Gasteiger partial charge on any atom is 0.118 e. The highest BCUT2D eigenvalue weighted by molar-refractivity contribution is 6.02. The van der Waals surface area contributed by atoms with Crippen molar-refractivity contribution in [1.29, 1.82) is 0 Å². The van der Waals surface area contributed by atoms with Crippen molar-refractivity contribution in [3.63, 3.8) is 0 Å². The number of benzene rings is 4. The van der Waals surface area contributed by atoms with Crippen LogP contribution >= 0.6 is 0 Å². The average molecular weight is 419 g/mol. The highest BCUT2D eigenvalue weighted by Crippen LogP contribution is 2.35. The molecule has 32 heavy (non-hydrogen) atoms. The zero-order chi connectivity index (χ0) is 21.8. The highest BCUT2D eigenvalue weighted by Gasteiger charge is 2.28. The first-order valence-electron chi connectivity index (χ1n) is 11.0. The van der Waals surface area contributed by atoms with E-state index in [1.54, 1.807) is 7.11 Å². The second-order valence-corrected chi connectivity index (χ2v) is 8.07. The topological polar surface area (TPSA) is 24.8 Å². The summed E-state index contributed by atoms with van der Waals surface area (Å²) in [5.74, 6) is 0.874. The number of rotatable bonds is 6. The molecule has 0 fully saturated rings. The van der Waals surface area contributed by atoms with E-state index in [2.05, 4.69) is 96.0 Å². The van der Waals surface area contributed by atoms with E-state index in [1.807, 2.05) is 18.2 Å². The van der Waals surface area contributed by atoms with Crippen molar-refractivity contribution in [1.82, 2.24) is 5.01 Å². The van der Waals surface area contributed by atoms with Crippen LogP contribution in [0, 0.1) is 0 Å². The first kappa shape index (κ1) is 20.1. The predicted octanol–water partition coefficient (Wildman–Crippen LogP) is 6.71. The molecule has 0 aromatic heterocycles. The Morgan fingerprint density at radius 3 is 1.97 bits per heavy atom. The summed E-state index contributed by atoms with van der Waals surface area (Å²) in [6, 6.07) is 38.3. The molecule has 1 unspecified atom stereocenters. The molecular weight excluding hydrogens is 392 g/mol. The molecule has 0 N–H and O–H groups in total. The summed E-state index contributed by atoms with van der Waals surface area (Å²) in [6.45, 7) is 0.781. The van der Waals surface area contributed by atoms with Crippen molar-refractivity contribution in [2.45, 2.75) is 19.0 Å². The van der Waals surface area contributed by atoms with Crippen LogP contribution in [0.3, 0.4) is 0 Å². The summed E-state index contributed by atoms with van der Waals surface area (Å²) in [6.07, 6.45) is 0.879. The Labute approximate surface area is 189 Å². The van der Waals surface area contributed by atoms with Gasteiger partial charge in [0.1, 0.15) is 5.75 Å². The SMILES string of the molecule is COc1ccc(C2CC(c3ccc(-c4ccccc4)cc3)=NN2Cc2ccccc2)cc1. The quantitative estimate of drug-likeness (QED) is 0.347. The molecule has 5 rings (SSSR count). The van der Waals surface area contributed by atoms with Crippen LogP contribution in [0.4, 0.5) is 0 Å². The highest BCUT2D eigenvalue weighted by atomic mass is 16.5. The molecule has 158 valence electrons. The van der Waals surface area contributed by atoms with Gasteiger partial charge < -0.3 is 4.74 Å². The third kappa shape index (κ3) is 4.28. The molecule has 4 aromatic rings. The van der Waals surface area contributed by atoms with Crippen LogP contribution in [0.5, 0.6) is 5.75 Å². The molecule has 0 bridgehead atoms. The minimum atomic E-state index is 0.199. The average Bonchev–Trinajstić information content (AvgIpc) is 3.29. The van der Waals surface area contributed by atoms with Crippen LogP contribution < -0.4 is 4.74 Å². The summed E-state index contributed by atoms with van der Waals surface area (Å²) in [7, 11) is 1.70. The van der Waals surface area contributed by atoms with Gasteiger partial charge >= 0.3 is 0 Å². The van der Waals surface area contributed by atoms with Gasteiger partial charge in [0.25, 0.3) is 0 Å². The van der Waals surface area contributed by atoms with Gasteiger partial charge in [-0.25, -0.2) is 0 Å². The Hall–Kier alpha value is -3.85. The van der Waals surface area contributed by atoms with Crippen LogP contribution in [-0.4, -0.2) is 17.8 Å². The molecular formula is C29H26N2O. The van der Waals surface area contributed by atoms with Gasteiger partial charge in [0, 0.05) is 6.42 Å². The van der Waals surface area contributed by atoms with E-state index in [0.717, 1.165) is 24.4 Å². The monoisotopic (exact) mass is 418 g/mol. The lowest BCUT2D eigenvalue weighted by Crippen LogP contribution is -2.19. The fraction of sp³-hybridized carbons (Fsp3) is 0.138. The second kappa shape index (κ2) is 9.11. The summed E-state index contributed by atoms with van der Waals surface area (Å²) in [4.78, 5) is 0. The molecule has 1 aliphatic heterocycles. The third-order valence-corrected chi connectivity index (χ3v) is 6.01. The number of hydrazone groups is 1. The van der Waals surface area contributed by atoms with Crippen molar-refractivity contribution in [3.05, 3.63) is 126 Å². The largest absolute Gasteiger partial charge is 0.497 e. The van der Waals surface area contributed by atoms with Crippen LogP contribution in [0.25, 0.3) is 11.1 Å². The molecule has 0 aliphatic carbocycles. The summed E-state index contributed by atoms with van der Waals surface area (Å²) < 4.78 is 5.35. The van der Waals surface area contributed by atoms with Gasteiger partial charge in [-0.05, 0) is 39.9 Å². The van der Waals surface area contributed by atoms with E-state index in [-0.39, 0.29) is 6.04 Å². The Bertz CT molecular complexity index is 1180.